The van der Waals surface area contributed by atoms with Crippen LogP contribution in [0.5, 0.6) is 0 Å². The molecule has 1 aromatic rings. The maximum atomic E-state index is 13.1. The molecule has 8 heteroatoms. The van der Waals surface area contributed by atoms with Crippen molar-refractivity contribution in [2.24, 2.45) is 11.7 Å². The summed E-state index contributed by atoms with van der Waals surface area (Å²) < 4.78 is 39.4. The number of aromatic nitrogens is 3. The molecule has 2 fully saturated rings. The summed E-state index contributed by atoms with van der Waals surface area (Å²) in [4.78, 5) is 6.24. The van der Waals surface area contributed by atoms with Crippen molar-refractivity contribution in [3.8, 4) is 0 Å². The summed E-state index contributed by atoms with van der Waals surface area (Å²) in [6.45, 7) is 1.41. The molecular weight excluding hydrogens is 283 g/mol. The highest BCUT2D eigenvalue weighted by molar-refractivity contribution is 5.31. The van der Waals surface area contributed by atoms with Crippen LogP contribution in [0.3, 0.4) is 0 Å². The average molecular weight is 303 g/mol. The maximum absolute atomic E-state index is 13.1. The Kier molecular flexibility index (Phi) is 3.81. The van der Waals surface area contributed by atoms with Crippen molar-refractivity contribution in [2.75, 3.05) is 18.0 Å². The van der Waals surface area contributed by atoms with Gasteiger partial charge in [0.05, 0.1) is 5.92 Å². The number of hydrogen-bond acceptors (Lipinski definition) is 4. The zero-order valence-electron chi connectivity index (χ0n) is 11.7. The van der Waals surface area contributed by atoms with E-state index in [4.69, 9.17) is 5.73 Å². The number of anilines is 1. The molecule has 0 bridgehead atoms. The van der Waals surface area contributed by atoms with Gasteiger partial charge in [-0.05, 0) is 19.3 Å². The van der Waals surface area contributed by atoms with Crippen molar-refractivity contribution in [3.05, 3.63) is 5.82 Å². The van der Waals surface area contributed by atoms with E-state index < -0.39 is 18.0 Å². The number of nitrogens with one attached hydrogen (secondary N) is 1. The molecule has 3 rings (SSSR count). The molecule has 3 atom stereocenters. The molecule has 0 spiro atoms. The van der Waals surface area contributed by atoms with Crippen LogP contribution in [0.1, 0.15) is 43.8 Å². The van der Waals surface area contributed by atoms with Crippen molar-refractivity contribution >= 4 is 5.95 Å². The van der Waals surface area contributed by atoms with Crippen molar-refractivity contribution < 1.29 is 13.2 Å². The lowest BCUT2D eigenvalue weighted by atomic mass is 9.78. The van der Waals surface area contributed by atoms with E-state index in [0.717, 1.165) is 19.4 Å². The molecule has 0 aromatic carbocycles. The van der Waals surface area contributed by atoms with Crippen molar-refractivity contribution in [3.63, 3.8) is 0 Å². The second kappa shape index (κ2) is 5.47. The number of hydrogen-bond donors (Lipinski definition) is 2. The first-order chi connectivity index (χ1) is 9.95. The van der Waals surface area contributed by atoms with Gasteiger partial charge in [0, 0.05) is 25.0 Å². The normalized spacial score (nSPS) is 30.9. The Balaban J connectivity index is 1.78. The first-order valence-electron chi connectivity index (χ1n) is 7.44. The van der Waals surface area contributed by atoms with Gasteiger partial charge >= 0.3 is 6.18 Å². The molecule has 1 aliphatic heterocycles. The highest BCUT2D eigenvalue weighted by atomic mass is 19.4. The van der Waals surface area contributed by atoms with Gasteiger partial charge in [-0.3, -0.25) is 5.10 Å². The lowest BCUT2D eigenvalue weighted by molar-refractivity contribution is -0.187. The lowest BCUT2D eigenvalue weighted by Gasteiger charge is -2.31. The molecular formula is C13H20F3N5. The number of nitrogens with zero attached hydrogens (tertiary/aromatic N) is 3. The fraction of sp³-hybridized carbons (Fsp3) is 0.846. The number of aromatic amines is 1. The van der Waals surface area contributed by atoms with Crippen molar-refractivity contribution in [2.45, 2.75) is 50.2 Å². The third kappa shape index (κ3) is 3.00. The van der Waals surface area contributed by atoms with E-state index in [-0.39, 0.29) is 12.5 Å². The van der Waals surface area contributed by atoms with E-state index in [0.29, 0.717) is 31.2 Å². The second-order valence-corrected chi connectivity index (χ2v) is 6.05. The maximum Gasteiger partial charge on any atom is 0.392 e. The number of halogens is 3. The van der Waals surface area contributed by atoms with E-state index in [9.17, 15) is 13.2 Å². The monoisotopic (exact) mass is 303 g/mol. The van der Waals surface area contributed by atoms with Gasteiger partial charge in [0.15, 0.2) is 0 Å². The van der Waals surface area contributed by atoms with Crippen LogP contribution in [-0.2, 0) is 0 Å². The molecule has 118 valence electrons. The van der Waals surface area contributed by atoms with Crippen LogP contribution in [0, 0.1) is 5.92 Å². The van der Waals surface area contributed by atoms with E-state index in [1.54, 1.807) is 0 Å². The minimum atomic E-state index is -4.17. The summed E-state index contributed by atoms with van der Waals surface area (Å²) in [7, 11) is 0. The summed E-state index contributed by atoms with van der Waals surface area (Å²) in [5.74, 6) is -1.07. The van der Waals surface area contributed by atoms with Gasteiger partial charge in [0.1, 0.15) is 5.82 Å². The summed E-state index contributed by atoms with van der Waals surface area (Å²) in [6.07, 6.45) is -1.19. The molecule has 3 unspecified atom stereocenters. The predicted molar refractivity (Wildman–Crippen MR) is 71.9 cm³/mol. The molecule has 0 radical (unpaired) electrons. The highest BCUT2D eigenvalue weighted by Gasteiger charge is 2.47. The summed E-state index contributed by atoms with van der Waals surface area (Å²) >= 11 is 0. The van der Waals surface area contributed by atoms with Crippen LogP contribution < -0.4 is 10.6 Å². The Bertz CT molecular complexity index is 486. The number of H-pyrrole nitrogens is 1. The van der Waals surface area contributed by atoms with Crippen LogP contribution in [-0.4, -0.2) is 40.5 Å². The van der Waals surface area contributed by atoms with Crippen molar-refractivity contribution in [1.82, 2.24) is 15.2 Å². The average Bonchev–Trinajstić information content (AvgIpc) is 3.06. The highest BCUT2D eigenvalue weighted by Crippen LogP contribution is 2.45. The van der Waals surface area contributed by atoms with Crippen LogP contribution in [0.15, 0.2) is 0 Å². The number of nitrogens with two attached hydrogens (primary N) is 1. The van der Waals surface area contributed by atoms with E-state index in [1.165, 1.54) is 0 Å². The predicted octanol–water partition coefficient (Wildman–Crippen LogP) is 2.18. The molecule has 2 heterocycles. The Morgan fingerprint density at radius 2 is 1.95 bits per heavy atom. The van der Waals surface area contributed by atoms with Gasteiger partial charge in [0.2, 0.25) is 5.95 Å². The molecule has 5 nitrogen and oxygen atoms in total. The molecule has 1 saturated heterocycles. The third-order valence-corrected chi connectivity index (χ3v) is 4.54. The first-order valence-corrected chi connectivity index (χ1v) is 7.44. The molecule has 1 aliphatic carbocycles. The summed E-state index contributed by atoms with van der Waals surface area (Å²) in [5, 5.41) is 6.82. The van der Waals surface area contributed by atoms with Crippen LogP contribution in [0.25, 0.3) is 0 Å². The van der Waals surface area contributed by atoms with Gasteiger partial charge in [-0.15, -0.1) is 5.10 Å². The largest absolute Gasteiger partial charge is 0.392 e. The molecule has 2 aliphatic rings. The van der Waals surface area contributed by atoms with Gasteiger partial charge in [-0.2, -0.15) is 18.2 Å². The zero-order valence-corrected chi connectivity index (χ0v) is 11.7. The quantitative estimate of drug-likeness (QED) is 0.878. The van der Waals surface area contributed by atoms with Gasteiger partial charge < -0.3 is 10.6 Å². The third-order valence-electron chi connectivity index (χ3n) is 4.54. The fourth-order valence-corrected chi connectivity index (χ4v) is 3.39. The van der Waals surface area contributed by atoms with Crippen LogP contribution in [0.4, 0.5) is 19.1 Å². The number of rotatable bonds is 2. The molecule has 21 heavy (non-hydrogen) atoms. The van der Waals surface area contributed by atoms with Crippen LogP contribution >= 0.6 is 0 Å². The molecule has 3 N–H and O–H groups in total. The van der Waals surface area contributed by atoms with E-state index in [1.807, 2.05) is 4.90 Å². The van der Waals surface area contributed by atoms with E-state index >= 15 is 0 Å². The van der Waals surface area contributed by atoms with Gasteiger partial charge in [0.25, 0.3) is 0 Å². The Morgan fingerprint density at radius 1 is 1.19 bits per heavy atom. The standard InChI is InChI=1S/C13H20F3N5/c14-13(15,16)10-4-2-1-3-9(10)11-18-12(20-19-11)21-6-5-8(17)7-21/h8-10H,1-7,17H2,(H,18,19,20). The molecule has 1 aromatic heterocycles. The Hall–Kier alpha value is -1.31. The van der Waals surface area contributed by atoms with Gasteiger partial charge in [-0.1, -0.05) is 12.8 Å². The fourth-order valence-electron chi connectivity index (χ4n) is 3.39. The van der Waals surface area contributed by atoms with Gasteiger partial charge in [-0.25, -0.2) is 0 Å². The SMILES string of the molecule is NC1CCN(c2n[nH]c(C3CCCCC3C(F)(F)F)n2)C1. The lowest BCUT2D eigenvalue weighted by Crippen LogP contribution is -2.32. The summed E-state index contributed by atoms with van der Waals surface area (Å²) in [5.41, 5.74) is 5.84. The first kappa shape index (κ1) is 14.6. The Labute approximate surface area is 121 Å². The van der Waals surface area contributed by atoms with Crippen molar-refractivity contribution in [1.29, 1.82) is 0 Å². The molecule has 1 saturated carbocycles. The van der Waals surface area contributed by atoms with Crippen LogP contribution in [0.2, 0.25) is 0 Å². The minimum absolute atomic E-state index is 0.0876. The zero-order chi connectivity index (χ0) is 15.0. The second-order valence-electron chi connectivity index (χ2n) is 6.05. The Morgan fingerprint density at radius 3 is 2.62 bits per heavy atom. The van der Waals surface area contributed by atoms with E-state index in [2.05, 4.69) is 15.2 Å². The molecule has 0 amide bonds. The number of alkyl halides is 3. The summed E-state index contributed by atoms with van der Waals surface area (Å²) in [6, 6.07) is 0.0876. The smallest absolute Gasteiger partial charge is 0.338 e. The topological polar surface area (TPSA) is 70.8 Å². The minimum Gasteiger partial charge on any atom is -0.338 e.